The van der Waals surface area contributed by atoms with Crippen LogP contribution in [0.5, 0.6) is 5.75 Å². The predicted octanol–water partition coefficient (Wildman–Crippen LogP) is 13.3. The molecule has 5 nitrogen and oxygen atoms in total. The van der Waals surface area contributed by atoms with Gasteiger partial charge in [-0.15, -0.1) is 0 Å². The second-order valence-corrected chi connectivity index (χ2v) is 16.5. The molecule has 0 aliphatic rings. The van der Waals surface area contributed by atoms with E-state index in [1.807, 2.05) is 54.7 Å². The van der Waals surface area contributed by atoms with Crippen molar-refractivity contribution in [2.75, 3.05) is 0 Å². The van der Waals surface area contributed by atoms with E-state index < -0.39 is 0 Å². The lowest BCUT2D eigenvalue weighted by Crippen LogP contribution is -2.17. The van der Waals surface area contributed by atoms with Gasteiger partial charge < -0.3 is 9.52 Å². The molecule has 0 unspecified atom stereocenters. The summed E-state index contributed by atoms with van der Waals surface area (Å²) in [5, 5.41) is 14.2. The molecule has 0 spiro atoms. The molecule has 0 atom stereocenters. The minimum atomic E-state index is -0.292. The van der Waals surface area contributed by atoms with Crippen LogP contribution in [0.25, 0.3) is 83.6 Å². The summed E-state index contributed by atoms with van der Waals surface area (Å²) in [6.45, 7) is 13.1. The number of pyridine rings is 1. The molecule has 1 N–H and O–H groups in total. The Morgan fingerprint density at radius 2 is 1.27 bits per heavy atom. The van der Waals surface area contributed by atoms with Crippen LogP contribution < -0.4 is 0 Å². The summed E-state index contributed by atoms with van der Waals surface area (Å²) in [6.07, 6.45) is 1.87. The quantitative estimate of drug-likeness (QED) is 0.192. The Balaban J connectivity index is 1.34. The molecule has 0 saturated carbocycles. The van der Waals surface area contributed by atoms with E-state index in [9.17, 15) is 5.11 Å². The molecule has 0 fully saturated rings. The highest BCUT2D eigenvalue weighted by Crippen LogP contribution is 2.45. The highest BCUT2D eigenvalue weighted by Gasteiger charge is 2.28. The first-order valence-electron chi connectivity index (χ1n) is 18.9. The topological polar surface area (TPSA) is 64.1 Å². The van der Waals surface area contributed by atoms with Gasteiger partial charge in [0, 0.05) is 39.3 Å². The fourth-order valence-electron chi connectivity index (χ4n) is 7.74. The molecule has 5 heteroatoms. The van der Waals surface area contributed by atoms with Gasteiger partial charge in [-0.3, -0.25) is 9.55 Å². The molecule has 0 aliphatic heterocycles. The number of para-hydroxylation sites is 3. The molecule has 3 heterocycles. The molecule has 0 saturated heterocycles. The van der Waals surface area contributed by atoms with Gasteiger partial charge in [0.1, 0.15) is 22.9 Å². The highest BCUT2D eigenvalue weighted by molar-refractivity contribution is 6.09. The summed E-state index contributed by atoms with van der Waals surface area (Å²) in [6, 6.07) is 48.2. The van der Waals surface area contributed by atoms with Crippen molar-refractivity contribution in [2.45, 2.75) is 52.4 Å². The monoisotopic (exact) mass is 717 g/mol. The first-order chi connectivity index (χ1) is 26.5. The molecular weight excluding hydrogens is 675 g/mol. The maximum absolute atomic E-state index is 12.1. The lowest BCUT2D eigenvalue weighted by atomic mass is 9.79. The largest absolute Gasteiger partial charge is 0.507 e. The van der Waals surface area contributed by atoms with Crippen LogP contribution in [0.2, 0.25) is 0 Å². The predicted molar refractivity (Wildman–Crippen MR) is 227 cm³/mol. The Morgan fingerprint density at radius 1 is 0.582 bits per heavy atom. The zero-order valence-electron chi connectivity index (χ0n) is 32.1. The SMILES string of the molecule is CC(C)(C)c1cc(-c2nc3c(-c4cc(-c5ccccc5)cc(-c5nccc6c5oc5ccccc56)c4)cccc3n2-c2ccccc2)c(O)c(C(C)(C)C)c1. The first-order valence-corrected chi connectivity index (χ1v) is 18.9. The van der Waals surface area contributed by atoms with Gasteiger partial charge in [0.2, 0.25) is 0 Å². The number of furan rings is 1. The highest BCUT2D eigenvalue weighted by atomic mass is 16.3. The summed E-state index contributed by atoms with van der Waals surface area (Å²) in [5.74, 6) is 0.948. The number of benzene rings is 6. The van der Waals surface area contributed by atoms with Gasteiger partial charge in [0.15, 0.2) is 5.58 Å². The van der Waals surface area contributed by atoms with Gasteiger partial charge in [-0.1, -0.05) is 126 Å². The van der Waals surface area contributed by atoms with E-state index in [1.165, 1.54) is 0 Å². The molecule has 270 valence electrons. The number of fused-ring (bicyclic) bond motifs is 4. The molecule has 3 aromatic heterocycles. The van der Waals surface area contributed by atoms with E-state index in [4.69, 9.17) is 14.4 Å². The maximum atomic E-state index is 12.1. The second-order valence-electron chi connectivity index (χ2n) is 16.5. The standard InChI is InChI=1S/C50H43N3O2/c1-49(2,3)35-29-40(46(54)41(30-35)50(4,5)6)48-52-45-37(21-15-22-42(45)53(48)36-18-11-8-12-19-36)33-26-32(31-16-9-7-10-17-31)27-34(28-33)44-47-39(24-25-51-44)38-20-13-14-23-43(38)55-47/h7-30,54H,1-6H3. The first kappa shape index (κ1) is 34.3. The van der Waals surface area contributed by atoms with Crippen LogP contribution in [0.3, 0.4) is 0 Å². The van der Waals surface area contributed by atoms with Gasteiger partial charge in [-0.2, -0.15) is 0 Å². The average Bonchev–Trinajstić information content (AvgIpc) is 3.77. The summed E-state index contributed by atoms with van der Waals surface area (Å²) in [5.41, 5.74) is 12.5. The van der Waals surface area contributed by atoms with Gasteiger partial charge in [0.25, 0.3) is 0 Å². The van der Waals surface area contributed by atoms with Crippen molar-refractivity contribution in [1.82, 2.24) is 14.5 Å². The Hall–Kier alpha value is -6.46. The minimum absolute atomic E-state index is 0.151. The summed E-state index contributed by atoms with van der Waals surface area (Å²) in [4.78, 5) is 10.4. The van der Waals surface area contributed by atoms with Crippen molar-refractivity contribution in [1.29, 1.82) is 0 Å². The molecule has 55 heavy (non-hydrogen) atoms. The third kappa shape index (κ3) is 5.97. The fourth-order valence-corrected chi connectivity index (χ4v) is 7.74. The van der Waals surface area contributed by atoms with Crippen molar-refractivity contribution in [3.05, 3.63) is 157 Å². The second kappa shape index (κ2) is 12.8. The summed E-state index contributed by atoms with van der Waals surface area (Å²) in [7, 11) is 0. The number of hydrogen-bond donors (Lipinski definition) is 1. The van der Waals surface area contributed by atoms with Crippen LogP contribution in [-0.4, -0.2) is 19.6 Å². The molecule has 0 aliphatic carbocycles. The molecule has 0 amide bonds. The number of phenols is 1. The molecule has 9 aromatic rings. The van der Waals surface area contributed by atoms with E-state index in [-0.39, 0.29) is 16.6 Å². The van der Waals surface area contributed by atoms with E-state index in [2.05, 4.69) is 137 Å². The third-order valence-corrected chi connectivity index (χ3v) is 10.6. The lowest BCUT2D eigenvalue weighted by Gasteiger charge is -2.27. The van der Waals surface area contributed by atoms with Crippen molar-refractivity contribution in [3.8, 4) is 56.3 Å². The molecular formula is C50H43N3O2. The Labute approximate surface area is 321 Å². The van der Waals surface area contributed by atoms with E-state index >= 15 is 0 Å². The zero-order valence-corrected chi connectivity index (χ0v) is 32.1. The van der Waals surface area contributed by atoms with Crippen molar-refractivity contribution >= 4 is 33.0 Å². The van der Waals surface area contributed by atoms with Crippen LogP contribution >= 0.6 is 0 Å². The normalized spacial score (nSPS) is 12.3. The van der Waals surface area contributed by atoms with Crippen LogP contribution in [0.4, 0.5) is 0 Å². The van der Waals surface area contributed by atoms with E-state index in [0.29, 0.717) is 11.4 Å². The lowest BCUT2D eigenvalue weighted by molar-refractivity contribution is 0.446. The molecule has 6 aromatic carbocycles. The van der Waals surface area contributed by atoms with E-state index in [0.717, 1.165) is 83.3 Å². The third-order valence-electron chi connectivity index (χ3n) is 10.6. The molecule has 0 radical (unpaired) electrons. The maximum Gasteiger partial charge on any atom is 0.161 e. The number of hydrogen-bond acceptors (Lipinski definition) is 4. The van der Waals surface area contributed by atoms with Crippen molar-refractivity contribution in [3.63, 3.8) is 0 Å². The van der Waals surface area contributed by atoms with Gasteiger partial charge in [-0.25, -0.2) is 4.98 Å². The van der Waals surface area contributed by atoms with E-state index in [1.54, 1.807) is 0 Å². The Morgan fingerprint density at radius 3 is 2.02 bits per heavy atom. The Bertz CT molecular complexity index is 2890. The van der Waals surface area contributed by atoms with Crippen LogP contribution in [-0.2, 0) is 10.8 Å². The van der Waals surface area contributed by atoms with Crippen molar-refractivity contribution < 1.29 is 9.52 Å². The number of phenolic OH excluding ortho intramolecular Hbond substituents is 1. The zero-order chi connectivity index (χ0) is 38.1. The number of aromatic nitrogens is 3. The smallest absolute Gasteiger partial charge is 0.161 e. The average molecular weight is 718 g/mol. The number of aromatic hydroxyl groups is 1. The summed E-state index contributed by atoms with van der Waals surface area (Å²) < 4.78 is 8.68. The fraction of sp³-hybridized carbons (Fsp3) is 0.160. The molecule has 9 rings (SSSR count). The van der Waals surface area contributed by atoms with Gasteiger partial charge in [-0.05, 0) is 87.7 Å². The number of nitrogens with zero attached hydrogens (tertiary/aromatic N) is 3. The van der Waals surface area contributed by atoms with Crippen LogP contribution in [0.15, 0.2) is 150 Å². The number of rotatable bonds is 5. The van der Waals surface area contributed by atoms with Crippen molar-refractivity contribution in [2.24, 2.45) is 0 Å². The molecule has 0 bridgehead atoms. The number of imidazole rings is 1. The Kier molecular flexibility index (Phi) is 8.01. The van der Waals surface area contributed by atoms with Gasteiger partial charge in [0.05, 0.1) is 16.6 Å². The van der Waals surface area contributed by atoms with Gasteiger partial charge >= 0.3 is 0 Å². The summed E-state index contributed by atoms with van der Waals surface area (Å²) >= 11 is 0. The van der Waals surface area contributed by atoms with Crippen LogP contribution in [0, 0.1) is 0 Å². The minimum Gasteiger partial charge on any atom is -0.507 e. The van der Waals surface area contributed by atoms with Crippen LogP contribution in [0.1, 0.15) is 52.7 Å².